The molecule has 7 nitrogen and oxygen atoms in total. The number of ether oxygens (including phenoxy) is 1. The number of fused-ring (bicyclic) bond motifs is 2. The highest BCUT2D eigenvalue weighted by Gasteiger charge is 2.12. The number of benzene rings is 1. The summed E-state index contributed by atoms with van der Waals surface area (Å²) in [5.41, 5.74) is 5.89. The van der Waals surface area contributed by atoms with Crippen LogP contribution >= 0.6 is 0 Å². The van der Waals surface area contributed by atoms with Crippen molar-refractivity contribution in [3.8, 4) is 28.3 Å². The van der Waals surface area contributed by atoms with Gasteiger partial charge in [0.2, 0.25) is 0 Å². The van der Waals surface area contributed by atoms with E-state index in [9.17, 15) is 0 Å². The van der Waals surface area contributed by atoms with Gasteiger partial charge in [-0.15, -0.1) is 0 Å². The van der Waals surface area contributed by atoms with E-state index in [0.29, 0.717) is 6.61 Å². The fourth-order valence-electron chi connectivity index (χ4n) is 3.50. The average Bonchev–Trinajstić information content (AvgIpc) is 3.37. The maximum Gasteiger partial charge on any atom is 0.138 e. The molecular formula is C23H22N6O. The average molecular weight is 398 g/mol. The van der Waals surface area contributed by atoms with Crippen LogP contribution in [0, 0.1) is 0 Å². The third-order valence-electron chi connectivity index (χ3n) is 5.10. The van der Waals surface area contributed by atoms with Crippen LogP contribution in [0.2, 0.25) is 0 Å². The van der Waals surface area contributed by atoms with Crippen molar-refractivity contribution in [1.29, 1.82) is 0 Å². The van der Waals surface area contributed by atoms with Gasteiger partial charge in [0.15, 0.2) is 0 Å². The van der Waals surface area contributed by atoms with Gasteiger partial charge in [-0.3, -0.25) is 15.1 Å². The van der Waals surface area contributed by atoms with Gasteiger partial charge in [-0.05, 0) is 50.0 Å². The first-order chi connectivity index (χ1) is 14.7. The van der Waals surface area contributed by atoms with E-state index in [-0.39, 0.29) is 0 Å². The fraction of sp³-hybridized carbons (Fsp3) is 0.174. The summed E-state index contributed by atoms with van der Waals surface area (Å²) in [5.74, 6) is 0.769. The number of H-pyrrole nitrogens is 2. The van der Waals surface area contributed by atoms with Gasteiger partial charge in [-0.25, -0.2) is 0 Å². The topological polar surface area (TPSA) is 82.7 Å². The van der Waals surface area contributed by atoms with E-state index >= 15 is 0 Å². The molecule has 5 rings (SSSR count). The molecule has 4 aromatic heterocycles. The van der Waals surface area contributed by atoms with E-state index in [1.807, 2.05) is 44.7 Å². The van der Waals surface area contributed by atoms with Crippen molar-refractivity contribution in [1.82, 2.24) is 30.0 Å². The van der Waals surface area contributed by atoms with Gasteiger partial charge in [0.1, 0.15) is 18.1 Å². The number of hydrogen-bond acceptors (Lipinski definition) is 5. The molecule has 0 unspecified atom stereocenters. The van der Waals surface area contributed by atoms with Crippen LogP contribution in [-0.4, -0.2) is 57.3 Å². The Kier molecular flexibility index (Phi) is 4.65. The van der Waals surface area contributed by atoms with Crippen molar-refractivity contribution in [3.05, 3.63) is 61.2 Å². The zero-order valence-electron chi connectivity index (χ0n) is 16.9. The van der Waals surface area contributed by atoms with Crippen LogP contribution in [0.1, 0.15) is 0 Å². The van der Waals surface area contributed by atoms with Gasteiger partial charge < -0.3 is 14.6 Å². The fourth-order valence-corrected chi connectivity index (χ4v) is 3.50. The Morgan fingerprint density at radius 3 is 2.73 bits per heavy atom. The first kappa shape index (κ1) is 18.3. The van der Waals surface area contributed by atoms with Gasteiger partial charge in [0, 0.05) is 35.3 Å². The molecule has 5 aromatic rings. The van der Waals surface area contributed by atoms with Crippen LogP contribution in [0.15, 0.2) is 61.2 Å². The molecule has 0 saturated carbocycles. The predicted octanol–water partition coefficient (Wildman–Crippen LogP) is 4.11. The van der Waals surface area contributed by atoms with Gasteiger partial charge >= 0.3 is 0 Å². The Hall–Kier alpha value is -3.71. The van der Waals surface area contributed by atoms with Crippen molar-refractivity contribution in [3.63, 3.8) is 0 Å². The number of aromatic nitrogens is 5. The second-order valence-electron chi connectivity index (χ2n) is 7.54. The summed E-state index contributed by atoms with van der Waals surface area (Å²) in [6, 6.07) is 12.4. The van der Waals surface area contributed by atoms with Crippen LogP contribution in [0.25, 0.3) is 44.3 Å². The van der Waals surface area contributed by atoms with E-state index < -0.39 is 0 Å². The van der Waals surface area contributed by atoms with Crippen molar-refractivity contribution >= 4 is 21.8 Å². The Bertz CT molecular complexity index is 1290. The lowest BCUT2D eigenvalue weighted by atomic mass is 10.0. The van der Waals surface area contributed by atoms with Gasteiger partial charge in [0.05, 0.1) is 29.1 Å². The molecule has 30 heavy (non-hydrogen) atoms. The predicted molar refractivity (Wildman–Crippen MR) is 118 cm³/mol. The highest BCUT2D eigenvalue weighted by molar-refractivity contribution is 5.97. The van der Waals surface area contributed by atoms with E-state index in [4.69, 9.17) is 4.74 Å². The lowest BCUT2D eigenvalue weighted by Crippen LogP contribution is -2.19. The lowest BCUT2D eigenvalue weighted by molar-refractivity contribution is 0.261. The standard InChI is InChI=1S/C23H22N6O/c1-29(2)7-8-30-18-9-17(12-25-13-18)15-3-4-20-19(10-15)23(28-27-20)21-11-16-5-6-24-14-22(16)26-21/h3-6,9-14,26H,7-8H2,1-2H3,(H,27,28). The molecule has 0 atom stereocenters. The normalized spacial score (nSPS) is 11.6. The molecule has 0 saturated heterocycles. The van der Waals surface area contributed by atoms with Crippen molar-refractivity contribution in [2.75, 3.05) is 27.2 Å². The van der Waals surface area contributed by atoms with Gasteiger partial charge in [-0.1, -0.05) is 6.07 Å². The van der Waals surface area contributed by atoms with Crippen LogP contribution in [0.3, 0.4) is 0 Å². The Morgan fingerprint density at radius 1 is 0.933 bits per heavy atom. The number of likely N-dealkylation sites (N-methyl/N-ethyl adjacent to an activating group) is 1. The zero-order valence-corrected chi connectivity index (χ0v) is 16.9. The molecule has 0 fully saturated rings. The minimum Gasteiger partial charge on any atom is -0.491 e. The number of pyridine rings is 2. The molecule has 4 heterocycles. The highest BCUT2D eigenvalue weighted by atomic mass is 16.5. The molecule has 0 aliphatic rings. The molecule has 1 aromatic carbocycles. The SMILES string of the molecule is CN(C)CCOc1cncc(-c2ccc3[nH]nc(-c4cc5ccncc5[nH]4)c3c2)c1. The zero-order chi connectivity index (χ0) is 20.5. The minimum atomic E-state index is 0.623. The summed E-state index contributed by atoms with van der Waals surface area (Å²) in [6.07, 6.45) is 7.22. The summed E-state index contributed by atoms with van der Waals surface area (Å²) in [7, 11) is 4.05. The summed E-state index contributed by atoms with van der Waals surface area (Å²) in [5, 5.41) is 9.83. The summed E-state index contributed by atoms with van der Waals surface area (Å²) >= 11 is 0. The second kappa shape index (κ2) is 7.61. The largest absolute Gasteiger partial charge is 0.491 e. The highest BCUT2D eigenvalue weighted by Crippen LogP contribution is 2.32. The number of nitrogens with one attached hydrogen (secondary N) is 2. The molecule has 0 spiro atoms. The summed E-state index contributed by atoms with van der Waals surface area (Å²) in [4.78, 5) is 14.0. The maximum absolute atomic E-state index is 5.84. The van der Waals surface area contributed by atoms with Crippen molar-refractivity contribution < 1.29 is 4.74 Å². The third kappa shape index (κ3) is 3.51. The monoisotopic (exact) mass is 398 g/mol. The maximum atomic E-state index is 5.84. The molecule has 0 bridgehead atoms. The molecule has 2 N–H and O–H groups in total. The third-order valence-corrected chi connectivity index (χ3v) is 5.10. The summed E-state index contributed by atoms with van der Waals surface area (Å²) < 4.78 is 5.84. The van der Waals surface area contributed by atoms with E-state index in [1.165, 1.54) is 0 Å². The molecule has 0 radical (unpaired) electrons. The number of hydrogen-bond donors (Lipinski definition) is 2. The molecule has 7 heteroatoms. The second-order valence-corrected chi connectivity index (χ2v) is 7.54. The quantitative estimate of drug-likeness (QED) is 0.450. The first-order valence-electron chi connectivity index (χ1n) is 9.81. The Balaban J connectivity index is 1.50. The minimum absolute atomic E-state index is 0.623. The van der Waals surface area contributed by atoms with E-state index in [1.54, 1.807) is 12.4 Å². The number of rotatable bonds is 6. The Labute approximate surface area is 173 Å². The molecule has 0 amide bonds. The van der Waals surface area contributed by atoms with Crippen LogP contribution in [-0.2, 0) is 0 Å². The molecule has 0 aliphatic carbocycles. The van der Waals surface area contributed by atoms with E-state index in [2.05, 4.69) is 48.2 Å². The number of nitrogens with zero attached hydrogens (tertiary/aromatic N) is 4. The molecular weight excluding hydrogens is 376 g/mol. The first-order valence-corrected chi connectivity index (χ1v) is 9.81. The van der Waals surface area contributed by atoms with Gasteiger partial charge in [0.25, 0.3) is 0 Å². The smallest absolute Gasteiger partial charge is 0.138 e. The van der Waals surface area contributed by atoms with Crippen molar-refractivity contribution in [2.45, 2.75) is 0 Å². The summed E-state index contributed by atoms with van der Waals surface area (Å²) in [6.45, 7) is 1.48. The van der Waals surface area contributed by atoms with Crippen LogP contribution in [0.5, 0.6) is 5.75 Å². The van der Waals surface area contributed by atoms with Crippen LogP contribution < -0.4 is 4.74 Å². The van der Waals surface area contributed by atoms with Crippen molar-refractivity contribution in [2.24, 2.45) is 0 Å². The Morgan fingerprint density at radius 2 is 1.87 bits per heavy atom. The van der Waals surface area contributed by atoms with Crippen LogP contribution in [0.4, 0.5) is 0 Å². The molecule has 0 aliphatic heterocycles. The lowest BCUT2D eigenvalue weighted by Gasteiger charge is -2.11. The van der Waals surface area contributed by atoms with Gasteiger partial charge in [-0.2, -0.15) is 5.10 Å². The number of aromatic amines is 2. The van der Waals surface area contributed by atoms with E-state index in [0.717, 1.165) is 56.6 Å². The molecule has 150 valence electrons.